The van der Waals surface area contributed by atoms with Crippen molar-refractivity contribution in [1.29, 1.82) is 0 Å². The average molecular weight is 455 g/mol. The molecule has 1 aliphatic heterocycles. The molecule has 0 saturated carbocycles. The van der Waals surface area contributed by atoms with E-state index in [1.165, 1.54) is 26.4 Å². The molecule has 1 atom stereocenters. The summed E-state index contributed by atoms with van der Waals surface area (Å²) in [6, 6.07) is 15.8. The van der Waals surface area contributed by atoms with Crippen molar-refractivity contribution in [3.8, 4) is 11.5 Å². The first-order valence-electron chi connectivity index (χ1n) is 9.87. The van der Waals surface area contributed by atoms with Crippen LogP contribution in [-0.2, 0) is 14.8 Å². The van der Waals surface area contributed by atoms with Gasteiger partial charge in [-0.05, 0) is 35.4 Å². The van der Waals surface area contributed by atoms with Crippen LogP contribution in [0.1, 0.15) is 28.9 Å². The van der Waals surface area contributed by atoms with Crippen molar-refractivity contribution < 1.29 is 27.5 Å². The van der Waals surface area contributed by atoms with Gasteiger partial charge in [-0.15, -0.1) is 0 Å². The number of fused-ring (bicyclic) bond motifs is 2. The number of benzene rings is 3. The number of nitrogens with one attached hydrogen (secondary N) is 1. The summed E-state index contributed by atoms with van der Waals surface area (Å²) in [4.78, 5) is 25.2. The lowest BCUT2D eigenvalue weighted by atomic mass is 10.0. The van der Waals surface area contributed by atoms with Gasteiger partial charge in [0.15, 0.2) is 11.5 Å². The first-order valence-corrected chi connectivity index (χ1v) is 11.3. The zero-order valence-electron chi connectivity index (χ0n) is 17.8. The van der Waals surface area contributed by atoms with Gasteiger partial charge in [-0.3, -0.25) is 9.59 Å². The number of carbonyl (C=O) groups excluding carboxylic acids is 2. The molecular weight excluding hydrogens is 432 g/mol. The fraction of sp³-hybridized carbons (Fsp3) is 0.217. The standard InChI is InChI=1S/C23H22N2O6S/c1-14(16-9-8-15-6-4-5-7-17(15)10-16)24-22(26)13-25-23(27)18-11-19(30-2)20(31-3)12-21(18)32(25,28)29/h4-12,14H,13H2,1-3H3,(H,24,26). The lowest BCUT2D eigenvalue weighted by Crippen LogP contribution is -2.41. The molecule has 3 aromatic rings. The van der Waals surface area contributed by atoms with Crippen LogP contribution in [-0.4, -0.2) is 45.3 Å². The second-order valence-electron chi connectivity index (χ2n) is 7.42. The van der Waals surface area contributed by atoms with Crippen LogP contribution in [0.25, 0.3) is 10.8 Å². The Hall–Kier alpha value is -3.59. The summed E-state index contributed by atoms with van der Waals surface area (Å²) in [7, 11) is -1.44. The molecule has 0 aromatic heterocycles. The smallest absolute Gasteiger partial charge is 0.269 e. The van der Waals surface area contributed by atoms with Crippen LogP contribution >= 0.6 is 0 Å². The van der Waals surface area contributed by atoms with Crippen molar-refractivity contribution in [2.45, 2.75) is 17.9 Å². The monoisotopic (exact) mass is 454 g/mol. The van der Waals surface area contributed by atoms with Crippen molar-refractivity contribution in [3.05, 3.63) is 65.7 Å². The number of amides is 2. The Bertz CT molecular complexity index is 1340. The van der Waals surface area contributed by atoms with E-state index in [1.54, 1.807) is 6.92 Å². The van der Waals surface area contributed by atoms with E-state index in [9.17, 15) is 18.0 Å². The number of rotatable bonds is 6. The fourth-order valence-electron chi connectivity index (χ4n) is 3.74. The van der Waals surface area contributed by atoms with Crippen molar-refractivity contribution in [3.63, 3.8) is 0 Å². The molecule has 3 aromatic carbocycles. The number of hydrogen-bond donors (Lipinski definition) is 1. The van der Waals surface area contributed by atoms with Crippen LogP contribution in [0.4, 0.5) is 0 Å². The summed E-state index contributed by atoms with van der Waals surface area (Å²) < 4.78 is 36.7. The molecule has 1 N–H and O–H groups in total. The molecule has 1 aliphatic rings. The van der Waals surface area contributed by atoms with Gasteiger partial charge in [-0.2, -0.15) is 0 Å². The first-order chi connectivity index (χ1) is 15.3. The second-order valence-corrected chi connectivity index (χ2v) is 9.25. The highest BCUT2D eigenvalue weighted by Gasteiger charge is 2.43. The summed E-state index contributed by atoms with van der Waals surface area (Å²) in [6.45, 7) is 1.17. The van der Waals surface area contributed by atoms with Crippen LogP contribution in [0.2, 0.25) is 0 Å². The lowest BCUT2D eigenvalue weighted by molar-refractivity contribution is -0.121. The molecule has 32 heavy (non-hydrogen) atoms. The van der Waals surface area contributed by atoms with Crippen molar-refractivity contribution in [2.24, 2.45) is 0 Å². The van der Waals surface area contributed by atoms with Crippen LogP contribution in [0.5, 0.6) is 11.5 Å². The third-order valence-corrected chi connectivity index (χ3v) is 7.22. The number of methoxy groups -OCH3 is 2. The quantitative estimate of drug-likeness (QED) is 0.615. The number of hydrogen-bond acceptors (Lipinski definition) is 6. The predicted molar refractivity (Wildman–Crippen MR) is 118 cm³/mol. The molecule has 0 saturated heterocycles. The highest BCUT2D eigenvalue weighted by Crippen LogP contribution is 2.38. The van der Waals surface area contributed by atoms with Gasteiger partial charge >= 0.3 is 0 Å². The van der Waals surface area contributed by atoms with E-state index >= 15 is 0 Å². The SMILES string of the molecule is COc1cc2c(cc1OC)S(=O)(=O)N(CC(=O)NC(C)c1ccc3ccccc3c1)C2=O. The van der Waals surface area contributed by atoms with Crippen LogP contribution in [0, 0.1) is 0 Å². The van der Waals surface area contributed by atoms with E-state index < -0.39 is 28.4 Å². The molecular formula is C23H22N2O6S. The van der Waals surface area contributed by atoms with Gasteiger partial charge in [0.1, 0.15) is 11.4 Å². The third-order valence-electron chi connectivity index (χ3n) is 5.45. The Balaban J connectivity index is 1.54. The lowest BCUT2D eigenvalue weighted by Gasteiger charge is -2.18. The van der Waals surface area contributed by atoms with Crippen molar-refractivity contribution in [2.75, 3.05) is 20.8 Å². The number of nitrogens with zero attached hydrogens (tertiary/aromatic N) is 1. The van der Waals surface area contributed by atoms with Gasteiger partial charge in [0.2, 0.25) is 5.91 Å². The van der Waals surface area contributed by atoms with E-state index in [0.29, 0.717) is 4.31 Å². The molecule has 8 nitrogen and oxygen atoms in total. The molecule has 4 rings (SSSR count). The minimum absolute atomic E-state index is 0.0574. The predicted octanol–water partition coefficient (Wildman–Crippen LogP) is 2.88. The zero-order valence-corrected chi connectivity index (χ0v) is 18.6. The maximum atomic E-state index is 12.9. The highest BCUT2D eigenvalue weighted by atomic mass is 32.2. The van der Waals surface area contributed by atoms with Crippen LogP contribution < -0.4 is 14.8 Å². The molecule has 0 radical (unpaired) electrons. The molecule has 1 unspecified atom stereocenters. The zero-order chi connectivity index (χ0) is 23.0. The maximum absolute atomic E-state index is 12.9. The molecule has 0 aliphatic carbocycles. The third kappa shape index (κ3) is 3.64. The average Bonchev–Trinajstić information content (AvgIpc) is 2.97. The Morgan fingerprint density at radius 3 is 2.34 bits per heavy atom. The van der Waals surface area contributed by atoms with Crippen molar-refractivity contribution >= 4 is 32.6 Å². The van der Waals surface area contributed by atoms with Gasteiger partial charge in [0.05, 0.1) is 25.8 Å². The van der Waals surface area contributed by atoms with E-state index in [4.69, 9.17) is 9.47 Å². The Labute approximate surface area is 185 Å². The second kappa shape index (κ2) is 8.16. The van der Waals surface area contributed by atoms with Gasteiger partial charge < -0.3 is 14.8 Å². The topological polar surface area (TPSA) is 102 Å². The maximum Gasteiger partial charge on any atom is 0.269 e. The normalized spacial score (nSPS) is 15.3. The van der Waals surface area contributed by atoms with E-state index in [0.717, 1.165) is 16.3 Å². The summed E-state index contributed by atoms with van der Waals surface area (Å²) in [5, 5.41) is 4.88. The molecule has 0 bridgehead atoms. The van der Waals surface area contributed by atoms with Gasteiger partial charge in [0.25, 0.3) is 15.9 Å². The van der Waals surface area contributed by atoms with Gasteiger partial charge in [-0.25, -0.2) is 12.7 Å². The Morgan fingerprint density at radius 1 is 1.00 bits per heavy atom. The number of carbonyl (C=O) groups is 2. The minimum atomic E-state index is -4.19. The van der Waals surface area contributed by atoms with Gasteiger partial charge in [-0.1, -0.05) is 36.4 Å². The number of ether oxygens (including phenoxy) is 2. The molecule has 0 spiro atoms. The molecule has 1 heterocycles. The Kier molecular flexibility index (Phi) is 5.52. The summed E-state index contributed by atoms with van der Waals surface area (Å²) >= 11 is 0. The van der Waals surface area contributed by atoms with E-state index in [-0.39, 0.29) is 28.0 Å². The first kappa shape index (κ1) is 21.6. The van der Waals surface area contributed by atoms with Gasteiger partial charge in [0, 0.05) is 6.07 Å². The summed E-state index contributed by atoms with van der Waals surface area (Å²) in [5.74, 6) is -0.964. The van der Waals surface area contributed by atoms with E-state index in [1.807, 2.05) is 42.5 Å². The molecule has 0 fully saturated rings. The highest BCUT2D eigenvalue weighted by molar-refractivity contribution is 7.90. The van der Waals surface area contributed by atoms with Crippen LogP contribution in [0.15, 0.2) is 59.5 Å². The summed E-state index contributed by atoms with van der Waals surface area (Å²) in [6.07, 6.45) is 0. The van der Waals surface area contributed by atoms with Crippen LogP contribution in [0.3, 0.4) is 0 Å². The van der Waals surface area contributed by atoms with Crippen molar-refractivity contribution in [1.82, 2.24) is 9.62 Å². The molecule has 2 amide bonds. The Morgan fingerprint density at radius 2 is 1.66 bits per heavy atom. The number of sulfonamides is 1. The molecule has 9 heteroatoms. The summed E-state index contributed by atoms with van der Waals surface area (Å²) in [5.41, 5.74) is 0.809. The fourth-order valence-corrected chi connectivity index (χ4v) is 5.26. The van der Waals surface area contributed by atoms with E-state index in [2.05, 4.69) is 5.32 Å². The molecule has 166 valence electrons. The largest absolute Gasteiger partial charge is 0.493 e. The minimum Gasteiger partial charge on any atom is -0.493 e.